The fourth-order valence-electron chi connectivity index (χ4n) is 4.61. The summed E-state index contributed by atoms with van der Waals surface area (Å²) in [5.41, 5.74) is 1.80. The van der Waals surface area contributed by atoms with Gasteiger partial charge in [0, 0.05) is 29.0 Å². The largest absolute Gasteiger partial charge is 0.354 e. The Bertz CT molecular complexity index is 1640. The zero-order chi connectivity index (χ0) is 30.8. The third kappa shape index (κ3) is 8.46. The maximum absolute atomic E-state index is 14.4. The molecular weight excluding hydrogens is 650 g/mol. The van der Waals surface area contributed by atoms with E-state index in [1.165, 1.54) is 17.0 Å². The molecule has 0 saturated heterocycles. The van der Waals surface area contributed by atoms with Gasteiger partial charge in [-0.2, -0.15) is 0 Å². The van der Waals surface area contributed by atoms with E-state index in [2.05, 4.69) is 21.2 Å². The standard InChI is InChI=1S/C33H33BrClN3O4S/c1-2-20-36-33(40)31(21-25-12-5-3-6-13-25)37(23-26-14-9-10-19-30(26)35)32(39)24-38(28-16-11-15-27(34)22-28)43(41,42)29-17-7-4-8-18-29/h3-19,22,31H,2,20-21,23-24H2,1H3,(H,36,40)/t31-/m0/s1. The highest BCUT2D eigenvalue weighted by Crippen LogP contribution is 2.28. The van der Waals surface area contributed by atoms with E-state index in [9.17, 15) is 18.0 Å². The van der Waals surface area contributed by atoms with E-state index >= 15 is 0 Å². The molecule has 0 aliphatic carbocycles. The van der Waals surface area contributed by atoms with Gasteiger partial charge in [-0.1, -0.05) is 107 Å². The van der Waals surface area contributed by atoms with Crippen LogP contribution < -0.4 is 9.62 Å². The van der Waals surface area contributed by atoms with Crippen LogP contribution in [0.4, 0.5) is 5.69 Å². The number of hydrogen-bond acceptors (Lipinski definition) is 4. The summed E-state index contributed by atoms with van der Waals surface area (Å²) < 4.78 is 29.7. The van der Waals surface area contributed by atoms with E-state index in [1.807, 2.05) is 37.3 Å². The van der Waals surface area contributed by atoms with Crippen molar-refractivity contribution < 1.29 is 18.0 Å². The molecule has 0 fully saturated rings. The van der Waals surface area contributed by atoms with E-state index in [4.69, 9.17) is 11.6 Å². The van der Waals surface area contributed by atoms with Gasteiger partial charge in [0.05, 0.1) is 10.6 Å². The molecule has 0 aromatic heterocycles. The van der Waals surface area contributed by atoms with Crippen molar-refractivity contribution in [1.29, 1.82) is 0 Å². The van der Waals surface area contributed by atoms with Crippen LogP contribution in [-0.4, -0.2) is 44.3 Å². The first kappa shape index (κ1) is 32.3. The molecule has 0 saturated carbocycles. The summed E-state index contributed by atoms with van der Waals surface area (Å²) in [7, 11) is -4.16. The number of carbonyl (C=O) groups is 2. The van der Waals surface area contributed by atoms with Crippen LogP contribution in [0, 0.1) is 0 Å². The monoisotopic (exact) mass is 681 g/mol. The molecule has 0 radical (unpaired) electrons. The smallest absolute Gasteiger partial charge is 0.264 e. The first-order valence-electron chi connectivity index (χ1n) is 13.9. The summed E-state index contributed by atoms with van der Waals surface area (Å²) in [6.07, 6.45) is 0.948. The number of nitrogens with one attached hydrogen (secondary N) is 1. The zero-order valence-corrected chi connectivity index (χ0v) is 26.9. The fourth-order valence-corrected chi connectivity index (χ4v) is 6.62. The summed E-state index contributed by atoms with van der Waals surface area (Å²) in [5.74, 6) is -0.877. The number of carbonyl (C=O) groups excluding carboxylic acids is 2. The van der Waals surface area contributed by atoms with Gasteiger partial charge in [0.25, 0.3) is 10.0 Å². The lowest BCUT2D eigenvalue weighted by Gasteiger charge is -2.34. The van der Waals surface area contributed by atoms with Crippen LogP contribution in [-0.2, 0) is 32.6 Å². The minimum Gasteiger partial charge on any atom is -0.354 e. The van der Waals surface area contributed by atoms with Crippen LogP contribution >= 0.6 is 27.5 Å². The van der Waals surface area contributed by atoms with Crippen LogP contribution in [0.25, 0.3) is 0 Å². The van der Waals surface area contributed by atoms with Crippen LogP contribution in [0.15, 0.2) is 119 Å². The number of hydrogen-bond donors (Lipinski definition) is 1. The third-order valence-electron chi connectivity index (χ3n) is 6.83. The topological polar surface area (TPSA) is 86.8 Å². The van der Waals surface area contributed by atoms with Gasteiger partial charge >= 0.3 is 0 Å². The lowest BCUT2D eigenvalue weighted by atomic mass is 10.0. The van der Waals surface area contributed by atoms with E-state index in [0.717, 1.165) is 9.87 Å². The highest BCUT2D eigenvalue weighted by molar-refractivity contribution is 9.10. The average molecular weight is 683 g/mol. The normalized spacial score (nSPS) is 11.9. The Kier molecular flexibility index (Phi) is 11.4. The second-order valence-corrected chi connectivity index (χ2v) is 13.1. The third-order valence-corrected chi connectivity index (χ3v) is 9.48. The van der Waals surface area contributed by atoms with Gasteiger partial charge in [-0.25, -0.2) is 8.42 Å². The Hall–Kier alpha value is -3.66. The fraction of sp³-hybridized carbons (Fsp3) is 0.212. The van der Waals surface area contributed by atoms with Crippen molar-refractivity contribution >= 4 is 55.1 Å². The minimum atomic E-state index is -4.16. The quantitative estimate of drug-likeness (QED) is 0.175. The first-order valence-corrected chi connectivity index (χ1v) is 16.5. The summed E-state index contributed by atoms with van der Waals surface area (Å²) in [6, 6.07) is 30.3. The summed E-state index contributed by atoms with van der Waals surface area (Å²) in [4.78, 5) is 29.5. The molecule has 0 heterocycles. The van der Waals surface area contributed by atoms with Crippen molar-refractivity contribution in [2.24, 2.45) is 0 Å². The maximum Gasteiger partial charge on any atom is 0.264 e. The molecular formula is C33H33BrClN3O4S. The van der Waals surface area contributed by atoms with Gasteiger partial charge in [0.15, 0.2) is 0 Å². The molecule has 4 rings (SSSR count). The van der Waals surface area contributed by atoms with Crippen molar-refractivity contribution in [3.05, 3.63) is 130 Å². The molecule has 10 heteroatoms. The van der Waals surface area contributed by atoms with Crippen LogP contribution in [0.5, 0.6) is 0 Å². The highest BCUT2D eigenvalue weighted by Gasteiger charge is 2.34. The second-order valence-electron chi connectivity index (χ2n) is 9.91. The Morgan fingerprint density at radius 2 is 1.53 bits per heavy atom. The van der Waals surface area contributed by atoms with Crippen molar-refractivity contribution in [2.45, 2.75) is 37.2 Å². The molecule has 1 N–H and O–H groups in total. The number of halogens is 2. The van der Waals surface area contributed by atoms with E-state index in [-0.39, 0.29) is 23.8 Å². The van der Waals surface area contributed by atoms with E-state index in [1.54, 1.807) is 66.7 Å². The van der Waals surface area contributed by atoms with E-state index in [0.29, 0.717) is 33.7 Å². The molecule has 0 aliphatic rings. The van der Waals surface area contributed by atoms with Gasteiger partial charge in [-0.15, -0.1) is 0 Å². The molecule has 4 aromatic rings. The molecule has 224 valence electrons. The molecule has 0 bridgehead atoms. The summed E-state index contributed by atoms with van der Waals surface area (Å²) >= 11 is 9.94. The molecule has 0 spiro atoms. The Balaban J connectivity index is 1.80. The highest BCUT2D eigenvalue weighted by atomic mass is 79.9. The number of rotatable bonds is 13. The van der Waals surface area contributed by atoms with Gasteiger partial charge < -0.3 is 10.2 Å². The van der Waals surface area contributed by atoms with Crippen molar-refractivity contribution in [2.75, 3.05) is 17.4 Å². The Morgan fingerprint density at radius 1 is 0.884 bits per heavy atom. The molecule has 4 aromatic carbocycles. The predicted molar refractivity (Wildman–Crippen MR) is 174 cm³/mol. The van der Waals surface area contributed by atoms with Crippen molar-refractivity contribution in [3.63, 3.8) is 0 Å². The molecule has 0 aliphatic heterocycles. The lowest BCUT2D eigenvalue weighted by molar-refractivity contribution is -0.140. The number of nitrogens with zero attached hydrogens (tertiary/aromatic N) is 2. The average Bonchev–Trinajstić information content (AvgIpc) is 3.02. The van der Waals surface area contributed by atoms with Crippen molar-refractivity contribution in [1.82, 2.24) is 10.2 Å². The van der Waals surface area contributed by atoms with Gasteiger partial charge in [-0.3, -0.25) is 13.9 Å². The minimum absolute atomic E-state index is 0.00720. The zero-order valence-electron chi connectivity index (χ0n) is 23.7. The van der Waals surface area contributed by atoms with Gasteiger partial charge in [0.2, 0.25) is 11.8 Å². The molecule has 7 nitrogen and oxygen atoms in total. The Morgan fingerprint density at radius 3 is 2.19 bits per heavy atom. The number of amides is 2. The van der Waals surface area contributed by atoms with Gasteiger partial charge in [-0.05, 0) is 53.9 Å². The maximum atomic E-state index is 14.4. The summed E-state index contributed by atoms with van der Waals surface area (Å²) in [5, 5.41) is 3.37. The number of benzene rings is 4. The number of anilines is 1. The molecule has 43 heavy (non-hydrogen) atoms. The van der Waals surface area contributed by atoms with Crippen LogP contribution in [0.2, 0.25) is 5.02 Å². The SMILES string of the molecule is CCCNC(=O)[C@H](Cc1ccccc1)N(Cc1ccccc1Cl)C(=O)CN(c1cccc(Br)c1)S(=O)(=O)c1ccccc1. The molecule has 1 atom stereocenters. The van der Waals surface area contributed by atoms with Crippen LogP contribution in [0.3, 0.4) is 0 Å². The molecule has 0 unspecified atom stereocenters. The second kappa shape index (κ2) is 15.2. The Labute approximate surface area is 266 Å². The van der Waals surface area contributed by atoms with E-state index < -0.39 is 28.5 Å². The van der Waals surface area contributed by atoms with Gasteiger partial charge in [0.1, 0.15) is 12.6 Å². The lowest BCUT2D eigenvalue weighted by Crippen LogP contribution is -2.53. The number of sulfonamides is 1. The predicted octanol–water partition coefficient (Wildman–Crippen LogP) is 6.46. The van der Waals surface area contributed by atoms with Crippen LogP contribution in [0.1, 0.15) is 24.5 Å². The first-order chi connectivity index (χ1) is 20.7. The molecule has 2 amide bonds. The summed E-state index contributed by atoms with van der Waals surface area (Å²) in [6.45, 7) is 1.85. The van der Waals surface area contributed by atoms with Crippen molar-refractivity contribution in [3.8, 4) is 0 Å².